The van der Waals surface area contributed by atoms with Crippen molar-refractivity contribution in [3.8, 4) is 0 Å². The van der Waals surface area contributed by atoms with E-state index in [-0.39, 0.29) is 0 Å². The van der Waals surface area contributed by atoms with Crippen LogP contribution in [0.15, 0.2) is 0 Å². The molecule has 0 aromatic carbocycles. The largest absolute Gasteiger partial charge is 0.374 e. The molecule has 4 fully saturated rings. The van der Waals surface area contributed by atoms with Gasteiger partial charge >= 0.3 is 0 Å². The standard InChI is InChI=1S/C18H30O/c1-18-10-5-8-15(18)14-12-17(19-16(14)9-11-18)13-6-3-2-4-7-13/h13-17H,2-12H2,1H3/t14-,15-,16?,17?,18-/m0/s1. The van der Waals surface area contributed by atoms with Crippen LogP contribution < -0.4 is 0 Å². The Morgan fingerprint density at radius 2 is 1.68 bits per heavy atom. The molecule has 4 aliphatic rings. The van der Waals surface area contributed by atoms with E-state index < -0.39 is 0 Å². The number of fused-ring (bicyclic) bond motifs is 3. The van der Waals surface area contributed by atoms with Gasteiger partial charge in [-0.15, -0.1) is 0 Å². The Hall–Kier alpha value is -0.0400. The van der Waals surface area contributed by atoms with E-state index in [4.69, 9.17) is 4.74 Å². The molecule has 0 N–H and O–H groups in total. The minimum Gasteiger partial charge on any atom is -0.374 e. The lowest BCUT2D eigenvalue weighted by molar-refractivity contribution is -0.0448. The highest BCUT2D eigenvalue weighted by Crippen LogP contribution is 2.58. The molecule has 3 saturated carbocycles. The fourth-order valence-electron chi connectivity index (χ4n) is 6.09. The zero-order valence-electron chi connectivity index (χ0n) is 12.6. The Bertz CT molecular complexity index is 333. The SMILES string of the molecule is C[C@@]12CCC[C@H]1[C@@H]1CC(C3CCCCC3)OC1CC2. The Morgan fingerprint density at radius 1 is 0.842 bits per heavy atom. The molecule has 1 nitrogen and oxygen atoms in total. The van der Waals surface area contributed by atoms with Gasteiger partial charge in [-0.3, -0.25) is 0 Å². The van der Waals surface area contributed by atoms with Gasteiger partial charge in [0.1, 0.15) is 0 Å². The highest BCUT2D eigenvalue weighted by Gasteiger charge is 2.53. The molecule has 1 heteroatoms. The van der Waals surface area contributed by atoms with Crippen molar-refractivity contribution in [2.45, 2.75) is 89.8 Å². The third-order valence-corrected chi connectivity index (χ3v) is 7.18. The summed E-state index contributed by atoms with van der Waals surface area (Å²) in [5.41, 5.74) is 0.686. The van der Waals surface area contributed by atoms with E-state index in [1.807, 2.05) is 0 Å². The van der Waals surface area contributed by atoms with Crippen molar-refractivity contribution in [2.75, 3.05) is 0 Å². The van der Waals surface area contributed by atoms with Gasteiger partial charge in [0.05, 0.1) is 12.2 Å². The molecule has 0 amide bonds. The Labute approximate surface area is 118 Å². The second-order valence-corrected chi connectivity index (χ2v) is 8.20. The zero-order valence-corrected chi connectivity index (χ0v) is 12.6. The van der Waals surface area contributed by atoms with Gasteiger partial charge in [-0.1, -0.05) is 32.6 Å². The minimum atomic E-state index is 0.637. The van der Waals surface area contributed by atoms with Gasteiger partial charge in [0.2, 0.25) is 0 Å². The third kappa shape index (κ3) is 2.07. The monoisotopic (exact) mass is 262 g/mol. The molecule has 5 atom stereocenters. The third-order valence-electron chi connectivity index (χ3n) is 7.18. The summed E-state index contributed by atoms with van der Waals surface area (Å²) >= 11 is 0. The number of ether oxygens (including phenoxy) is 1. The number of hydrogen-bond donors (Lipinski definition) is 0. The van der Waals surface area contributed by atoms with Gasteiger partial charge in [-0.2, -0.15) is 0 Å². The summed E-state index contributed by atoms with van der Waals surface area (Å²) < 4.78 is 6.56. The van der Waals surface area contributed by atoms with Gasteiger partial charge < -0.3 is 4.74 Å². The molecule has 1 aliphatic heterocycles. The van der Waals surface area contributed by atoms with Crippen LogP contribution in [-0.4, -0.2) is 12.2 Å². The van der Waals surface area contributed by atoms with Crippen LogP contribution in [0, 0.1) is 23.2 Å². The molecular weight excluding hydrogens is 232 g/mol. The molecule has 0 bridgehead atoms. The van der Waals surface area contributed by atoms with Crippen molar-refractivity contribution >= 4 is 0 Å². The van der Waals surface area contributed by atoms with Gasteiger partial charge in [-0.25, -0.2) is 0 Å². The topological polar surface area (TPSA) is 9.23 Å². The Kier molecular flexibility index (Phi) is 3.17. The van der Waals surface area contributed by atoms with E-state index in [1.54, 1.807) is 0 Å². The van der Waals surface area contributed by atoms with Crippen LogP contribution in [-0.2, 0) is 4.74 Å². The smallest absolute Gasteiger partial charge is 0.0611 e. The first-order chi connectivity index (χ1) is 9.26. The summed E-state index contributed by atoms with van der Waals surface area (Å²) in [5, 5.41) is 0. The molecule has 1 saturated heterocycles. The van der Waals surface area contributed by atoms with Crippen LogP contribution >= 0.6 is 0 Å². The first-order valence-corrected chi connectivity index (χ1v) is 8.92. The maximum atomic E-state index is 6.56. The van der Waals surface area contributed by atoms with Crippen molar-refractivity contribution in [1.29, 1.82) is 0 Å². The van der Waals surface area contributed by atoms with Crippen LogP contribution in [0.2, 0.25) is 0 Å². The summed E-state index contributed by atoms with van der Waals surface area (Å²) in [4.78, 5) is 0. The molecule has 2 unspecified atom stereocenters. The maximum Gasteiger partial charge on any atom is 0.0611 e. The fraction of sp³-hybridized carbons (Fsp3) is 1.00. The highest BCUT2D eigenvalue weighted by molar-refractivity contribution is 5.02. The van der Waals surface area contributed by atoms with Crippen molar-refractivity contribution < 1.29 is 4.74 Å². The van der Waals surface area contributed by atoms with Crippen LogP contribution in [0.4, 0.5) is 0 Å². The lowest BCUT2D eigenvalue weighted by atomic mass is 9.62. The second-order valence-electron chi connectivity index (χ2n) is 8.20. The van der Waals surface area contributed by atoms with Gasteiger partial charge in [0, 0.05) is 0 Å². The highest BCUT2D eigenvalue weighted by atomic mass is 16.5. The summed E-state index contributed by atoms with van der Waals surface area (Å²) in [6, 6.07) is 0. The summed E-state index contributed by atoms with van der Waals surface area (Å²) in [7, 11) is 0. The van der Waals surface area contributed by atoms with Crippen molar-refractivity contribution in [3.05, 3.63) is 0 Å². The Morgan fingerprint density at radius 3 is 2.53 bits per heavy atom. The van der Waals surface area contributed by atoms with Crippen LogP contribution in [0.25, 0.3) is 0 Å². The fourth-order valence-corrected chi connectivity index (χ4v) is 6.09. The van der Waals surface area contributed by atoms with Crippen molar-refractivity contribution in [2.24, 2.45) is 23.2 Å². The van der Waals surface area contributed by atoms with Gasteiger partial charge in [0.15, 0.2) is 0 Å². The van der Waals surface area contributed by atoms with Gasteiger partial charge in [0.25, 0.3) is 0 Å². The molecule has 19 heavy (non-hydrogen) atoms. The normalized spacial score (nSPS) is 51.0. The quantitative estimate of drug-likeness (QED) is 0.650. The van der Waals surface area contributed by atoms with Crippen molar-refractivity contribution in [3.63, 3.8) is 0 Å². The van der Waals surface area contributed by atoms with Gasteiger partial charge in [-0.05, 0) is 68.1 Å². The molecule has 1 heterocycles. The van der Waals surface area contributed by atoms with Crippen LogP contribution in [0.5, 0.6) is 0 Å². The van der Waals surface area contributed by atoms with E-state index in [0.29, 0.717) is 17.6 Å². The second kappa shape index (κ2) is 4.76. The number of rotatable bonds is 1. The van der Waals surface area contributed by atoms with E-state index in [1.165, 1.54) is 70.6 Å². The summed E-state index contributed by atoms with van der Waals surface area (Å²) in [5.74, 6) is 2.83. The first kappa shape index (κ1) is 12.7. The average molecular weight is 262 g/mol. The van der Waals surface area contributed by atoms with E-state index in [2.05, 4.69) is 6.92 Å². The van der Waals surface area contributed by atoms with E-state index >= 15 is 0 Å². The first-order valence-electron chi connectivity index (χ1n) is 8.92. The van der Waals surface area contributed by atoms with Crippen molar-refractivity contribution in [1.82, 2.24) is 0 Å². The number of hydrogen-bond acceptors (Lipinski definition) is 1. The summed E-state index contributed by atoms with van der Waals surface area (Å²) in [6.07, 6.45) is 17.3. The average Bonchev–Trinajstić information content (AvgIpc) is 3.02. The van der Waals surface area contributed by atoms with E-state index in [9.17, 15) is 0 Å². The van der Waals surface area contributed by atoms with Crippen LogP contribution in [0.1, 0.15) is 77.6 Å². The molecule has 0 spiro atoms. The predicted octanol–water partition coefficient (Wildman–Crippen LogP) is 4.94. The minimum absolute atomic E-state index is 0.637. The van der Waals surface area contributed by atoms with Crippen LogP contribution in [0.3, 0.4) is 0 Å². The zero-order chi connectivity index (χ0) is 12.9. The lowest BCUT2D eigenvalue weighted by Crippen LogP contribution is -2.38. The molecule has 108 valence electrons. The lowest BCUT2D eigenvalue weighted by Gasteiger charge is -2.43. The Balaban J connectivity index is 1.48. The molecule has 4 rings (SSSR count). The molecule has 0 radical (unpaired) electrons. The summed E-state index contributed by atoms with van der Waals surface area (Å²) in [6.45, 7) is 2.58. The molecule has 3 aliphatic carbocycles. The van der Waals surface area contributed by atoms with E-state index in [0.717, 1.165) is 17.8 Å². The molecule has 0 aromatic heterocycles. The molecule has 0 aromatic rings. The molecular formula is C18H30O. The maximum absolute atomic E-state index is 6.56. The predicted molar refractivity (Wildman–Crippen MR) is 78.0 cm³/mol.